The number of anilines is 1. The minimum atomic E-state index is -4.97. The maximum absolute atomic E-state index is 12.8. The Morgan fingerprint density at radius 2 is 1.56 bits per heavy atom. The molecule has 0 saturated heterocycles. The lowest BCUT2D eigenvalue weighted by molar-refractivity contribution is -0.143. The molecule has 0 saturated carbocycles. The monoisotopic (exact) mass is 398 g/mol. The van der Waals surface area contributed by atoms with Crippen LogP contribution in [-0.4, -0.2) is 11.0 Å². The highest BCUT2D eigenvalue weighted by atomic mass is 32.1. The minimum absolute atomic E-state index is 0.00153. The summed E-state index contributed by atoms with van der Waals surface area (Å²) in [6.45, 7) is 0. The van der Waals surface area contributed by atoms with E-state index in [1.165, 1.54) is 6.07 Å². The molecule has 0 spiro atoms. The third-order valence-electron chi connectivity index (χ3n) is 2.82. The largest absolute Gasteiger partial charge is 0.416 e. The fourth-order valence-electron chi connectivity index (χ4n) is 1.76. The molecule has 1 amide bonds. The molecule has 25 heavy (non-hydrogen) atoms. The van der Waals surface area contributed by atoms with Crippen LogP contribution in [0.3, 0.4) is 0 Å². The number of alkyl halides is 6. The summed E-state index contributed by atoms with van der Waals surface area (Å²) in [5, 5.41) is 5.53. The van der Waals surface area contributed by atoms with Crippen molar-refractivity contribution in [2.75, 3.05) is 5.32 Å². The number of carbonyl (C=O) groups is 1. The van der Waals surface area contributed by atoms with Gasteiger partial charge in [0.15, 0.2) is 5.11 Å². The molecule has 0 bridgehead atoms. The lowest BCUT2D eigenvalue weighted by Crippen LogP contribution is -2.33. The van der Waals surface area contributed by atoms with Gasteiger partial charge in [-0.15, -0.1) is 11.3 Å². The first-order valence-electron chi connectivity index (χ1n) is 6.42. The summed E-state index contributed by atoms with van der Waals surface area (Å²) in [6, 6.07) is 4.02. The van der Waals surface area contributed by atoms with Gasteiger partial charge < -0.3 is 5.32 Å². The number of nitrogens with one attached hydrogen (secondary N) is 2. The average Bonchev–Trinajstić information content (AvgIpc) is 2.99. The van der Waals surface area contributed by atoms with Crippen molar-refractivity contribution >= 4 is 40.3 Å². The second kappa shape index (κ2) is 7.00. The number of carbonyl (C=O) groups excluding carboxylic acids is 1. The van der Waals surface area contributed by atoms with Crippen LogP contribution in [0.1, 0.15) is 20.8 Å². The van der Waals surface area contributed by atoms with Gasteiger partial charge in [-0.25, -0.2) is 0 Å². The van der Waals surface area contributed by atoms with Gasteiger partial charge in [0.1, 0.15) is 0 Å². The van der Waals surface area contributed by atoms with E-state index in [-0.39, 0.29) is 10.9 Å². The average molecular weight is 398 g/mol. The quantitative estimate of drug-likeness (QED) is 0.558. The lowest BCUT2D eigenvalue weighted by Gasteiger charge is -2.15. The zero-order valence-corrected chi connectivity index (χ0v) is 13.6. The molecule has 1 aromatic heterocycles. The van der Waals surface area contributed by atoms with Gasteiger partial charge in [0.05, 0.1) is 16.0 Å². The molecule has 0 atom stereocenters. The Hall–Kier alpha value is -2.14. The standard InChI is InChI=1S/C14H8F6N2OS2/c15-13(16,17)7-4-8(14(18,19)20)6-9(5-7)21-12(24)22-11(23)10-2-1-3-25-10/h1-6H,(H2,21,22,23,24). The predicted molar refractivity (Wildman–Crippen MR) is 84.5 cm³/mol. The maximum Gasteiger partial charge on any atom is 0.416 e. The van der Waals surface area contributed by atoms with Gasteiger partial charge in [-0.2, -0.15) is 26.3 Å². The molecule has 0 radical (unpaired) electrons. The highest BCUT2D eigenvalue weighted by molar-refractivity contribution is 7.80. The number of halogens is 6. The van der Waals surface area contributed by atoms with E-state index in [1.807, 2.05) is 0 Å². The number of thiocarbonyl (C=S) groups is 1. The molecule has 2 aromatic rings. The van der Waals surface area contributed by atoms with Crippen LogP contribution in [0.5, 0.6) is 0 Å². The molecule has 0 unspecified atom stereocenters. The van der Waals surface area contributed by atoms with E-state index in [0.717, 1.165) is 11.3 Å². The topological polar surface area (TPSA) is 41.1 Å². The SMILES string of the molecule is O=C(NC(=S)Nc1cc(C(F)(F)F)cc(C(F)(F)F)c1)c1cccs1. The highest BCUT2D eigenvalue weighted by Gasteiger charge is 2.37. The smallest absolute Gasteiger partial charge is 0.332 e. The Labute approximate surface area is 146 Å². The molecule has 2 N–H and O–H groups in total. The van der Waals surface area contributed by atoms with Crippen LogP contribution in [0.15, 0.2) is 35.7 Å². The summed E-state index contributed by atoms with van der Waals surface area (Å²) in [4.78, 5) is 12.1. The predicted octanol–water partition coefficient (Wildman–Crippen LogP) is 4.91. The molecule has 134 valence electrons. The molecule has 0 aliphatic heterocycles. The minimum Gasteiger partial charge on any atom is -0.332 e. The van der Waals surface area contributed by atoms with E-state index in [2.05, 4.69) is 10.6 Å². The number of hydrogen-bond acceptors (Lipinski definition) is 3. The lowest BCUT2D eigenvalue weighted by atomic mass is 10.1. The van der Waals surface area contributed by atoms with E-state index in [1.54, 1.807) is 11.4 Å². The molecule has 3 nitrogen and oxygen atoms in total. The Bertz CT molecular complexity index is 751. The van der Waals surface area contributed by atoms with Gasteiger partial charge in [0.2, 0.25) is 0 Å². The van der Waals surface area contributed by atoms with Crippen LogP contribution in [0.25, 0.3) is 0 Å². The summed E-state index contributed by atoms with van der Waals surface area (Å²) in [5.74, 6) is -0.629. The number of rotatable bonds is 2. The van der Waals surface area contributed by atoms with Gasteiger partial charge in [-0.05, 0) is 41.9 Å². The maximum atomic E-state index is 12.8. The first kappa shape index (κ1) is 19.2. The number of hydrogen-bond donors (Lipinski definition) is 2. The molecule has 0 aliphatic rings. The fraction of sp³-hybridized carbons (Fsp3) is 0.143. The van der Waals surface area contributed by atoms with E-state index in [4.69, 9.17) is 12.2 Å². The van der Waals surface area contributed by atoms with Crippen LogP contribution < -0.4 is 10.6 Å². The zero-order valence-electron chi connectivity index (χ0n) is 12.0. The van der Waals surface area contributed by atoms with Crippen LogP contribution in [0.2, 0.25) is 0 Å². The van der Waals surface area contributed by atoms with E-state index in [0.29, 0.717) is 12.1 Å². The van der Waals surface area contributed by atoms with Crippen molar-refractivity contribution in [1.29, 1.82) is 0 Å². The third kappa shape index (κ3) is 5.16. The highest BCUT2D eigenvalue weighted by Crippen LogP contribution is 2.37. The number of amides is 1. The van der Waals surface area contributed by atoms with Crippen LogP contribution in [0, 0.1) is 0 Å². The molecule has 1 aromatic carbocycles. The van der Waals surface area contributed by atoms with Gasteiger partial charge in [-0.1, -0.05) is 6.07 Å². The molecule has 0 aliphatic carbocycles. The summed E-state index contributed by atoms with van der Waals surface area (Å²) in [5.41, 5.74) is -3.52. The first-order chi connectivity index (χ1) is 11.5. The summed E-state index contributed by atoms with van der Waals surface area (Å²) >= 11 is 5.85. The Balaban J connectivity index is 2.23. The second-order valence-corrected chi connectivity index (χ2v) is 6.04. The molecule has 2 rings (SSSR count). The fourth-order valence-corrected chi connectivity index (χ4v) is 2.59. The van der Waals surface area contributed by atoms with Crippen LogP contribution in [-0.2, 0) is 12.4 Å². The van der Waals surface area contributed by atoms with Gasteiger partial charge >= 0.3 is 12.4 Å². The summed E-state index contributed by atoms with van der Waals surface area (Å²) < 4.78 is 76.6. The Kier molecular flexibility index (Phi) is 5.37. The van der Waals surface area contributed by atoms with E-state index < -0.39 is 40.2 Å². The van der Waals surface area contributed by atoms with Gasteiger partial charge in [0.25, 0.3) is 5.91 Å². The van der Waals surface area contributed by atoms with Crippen molar-refractivity contribution in [3.8, 4) is 0 Å². The number of benzene rings is 1. The van der Waals surface area contributed by atoms with Crippen molar-refractivity contribution in [2.45, 2.75) is 12.4 Å². The summed E-state index contributed by atoms with van der Waals surface area (Å²) in [7, 11) is 0. The van der Waals surface area contributed by atoms with E-state index >= 15 is 0 Å². The Morgan fingerprint density at radius 3 is 2.00 bits per heavy atom. The van der Waals surface area contributed by atoms with Crippen molar-refractivity contribution in [3.05, 3.63) is 51.7 Å². The van der Waals surface area contributed by atoms with Gasteiger partial charge in [-0.3, -0.25) is 10.1 Å². The van der Waals surface area contributed by atoms with Gasteiger partial charge in [0, 0.05) is 5.69 Å². The van der Waals surface area contributed by atoms with Crippen LogP contribution >= 0.6 is 23.6 Å². The van der Waals surface area contributed by atoms with Crippen molar-refractivity contribution in [1.82, 2.24) is 5.32 Å². The van der Waals surface area contributed by atoms with E-state index in [9.17, 15) is 31.1 Å². The summed E-state index contributed by atoms with van der Waals surface area (Å²) in [6.07, 6.45) is -9.95. The zero-order chi connectivity index (χ0) is 18.8. The first-order valence-corrected chi connectivity index (χ1v) is 7.71. The number of thiophene rings is 1. The molecule has 1 heterocycles. The molecular formula is C14H8F6N2OS2. The molecule has 11 heteroatoms. The van der Waals surface area contributed by atoms with Crippen molar-refractivity contribution < 1.29 is 31.1 Å². The molecular weight excluding hydrogens is 390 g/mol. The molecule has 0 fully saturated rings. The normalized spacial score (nSPS) is 11.9. The van der Waals surface area contributed by atoms with Crippen molar-refractivity contribution in [2.24, 2.45) is 0 Å². The van der Waals surface area contributed by atoms with Crippen molar-refractivity contribution in [3.63, 3.8) is 0 Å². The Morgan fingerprint density at radius 1 is 1.00 bits per heavy atom. The second-order valence-electron chi connectivity index (χ2n) is 4.68. The van der Waals surface area contributed by atoms with Crippen LogP contribution in [0.4, 0.5) is 32.0 Å². The third-order valence-corrected chi connectivity index (χ3v) is 3.89.